The van der Waals surface area contributed by atoms with Gasteiger partial charge in [-0.25, -0.2) is 14.4 Å². The highest BCUT2D eigenvalue weighted by Gasteiger charge is 2.41. The van der Waals surface area contributed by atoms with Gasteiger partial charge in [0.15, 0.2) is 5.82 Å². The van der Waals surface area contributed by atoms with Gasteiger partial charge in [-0.3, -0.25) is 4.79 Å². The third-order valence-corrected chi connectivity index (χ3v) is 7.33. The first-order valence-electron chi connectivity index (χ1n) is 14.0. The number of aromatic nitrogens is 4. The molecule has 0 saturated carbocycles. The Labute approximate surface area is 242 Å². The molecular formula is C31H32FN5O5. The Hall–Kier alpha value is -4.19. The highest BCUT2D eigenvalue weighted by molar-refractivity contribution is 5.82. The van der Waals surface area contributed by atoms with Crippen LogP contribution in [0.25, 0.3) is 22.6 Å². The lowest BCUT2D eigenvalue weighted by molar-refractivity contribution is -0.231. The van der Waals surface area contributed by atoms with E-state index in [2.05, 4.69) is 20.3 Å². The molecule has 11 heteroatoms. The van der Waals surface area contributed by atoms with Gasteiger partial charge in [-0.15, -0.1) is 0 Å². The van der Waals surface area contributed by atoms with Crippen molar-refractivity contribution in [1.29, 1.82) is 0 Å². The van der Waals surface area contributed by atoms with Gasteiger partial charge in [0.05, 0.1) is 41.8 Å². The Morgan fingerprint density at radius 2 is 1.86 bits per heavy atom. The Morgan fingerprint density at radius 1 is 1.07 bits per heavy atom. The normalized spacial score (nSPS) is 22.1. The number of carbonyl (C=O) groups is 1. The summed E-state index contributed by atoms with van der Waals surface area (Å²) in [6.07, 6.45) is 2.76. The van der Waals surface area contributed by atoms with Crippen molar-refractivity contribution in [3.63, 3.8) is 0 Å². The topological polar surface area (TPSA) is 120 Å². The molecule has 2 aromatic heterocycles. The zero-order valence-corrected chi connectivity index (χ0v) is 23.2. The van der Waals surface area contributed by atoms with E-state index in [0.717, 1.165) is 25.0 Å². The standard InChI is InChI=1S/C31H32FN5O5/c1-31(29(38)34-16-23-8-5-15-39-23)18-41-28(42-19-31)27-36-25(21-9-11-22(32)12-10-21)26(37-27)24-13-14-33-30(35-24)40-17-20-6-3-2-4-7-20/h2-4,6-7,9-14,23,28H,5,8,15-19H2,1H3,(H,34,38)(H,36,37). The molecule has 2 saturated heterocycles. The first-order chi connectivity index (χ1) is 20.5. The molecule has 2 aliphatic heterocycles. The van der Waals surface area contributed by atoms with Gasteiger partial charge >= 0.3 is 6.01 Å². The van der Waals surface area contributed by atoms with Crippen molar-refractivity contribution in [2.24, 2.45) is 5.41 Å². The van der Waals surface area contributed by atoms with E-state index in [1.807, 2.05) is 37.3 Å². The number of ether oxygens (including phenoxy) is 4. The van der Waals surface area contributed by atoms with Crippen molar-refractivity contribution in [1.82, 2.24) is 25.3 Å². The number of benzene rings is 2. The van der Waals surface area contributed by atoms with Gasteiger partial charge in [0.1, 0.15) is 12.4 Å². The lowest BCUT2D eigenvalue weighted by atomic mass is 9.91. The van der Waals surface area contributed by atoms with E-state index in [-0.39, 0.29) is 37.1 Å². The molecular weight excluding hydrogens is 541 g/mol. The number of nitrogens with one attached hydrogen (secondary N) is 2. The number of hydrogen-bond donors (Lipinski definition) is 2. The molecule has 4 aromatic rings. The minimum absolute atomic E-state index is 0.0493. The molecule has 2 aromatic carbocycles. The van der Waals surface area contributed by atoms with Crippen LogP contribution in [0.5, 0.6) is 6.01 Å². The number of carbonyl (C=O) groups excluding carboxylic acids is 1. The van der Waals surface area contributed by atoms with Crippen molar-refractivity contribution >= 4 is 5.91 Å². The predicted molar refractivity (Wildman–Crippen MR) is 151 cm³/mol. The SMILES string of the molecule is CC1(C(=O)NCC2CCCO2)COC(c2nc(-c3ccc(F)cc3)c(-c3ccnc(OCc4ccccc4)n3)[nH]2)OC1. The van der Waals surface area contributed by atoms with Gasteiger partial charge in [-0.2, -0.15) is 4.98 Å². The van der Waals surface area contributed by atoms with E-state index >= 15 is 0 Å². The molecule has 0 spiro atoms. The van der Waals surface area contributed by atoms with Gasteiger partial charge < -0.3 is 29.2 Å². The van der Waals surface area contributed by atoms with E-state index in [1.54, 1.807) is 24.4 Å². The van der Waals surface area contributed by atoms with Crippen LogP contribution in [0.4, 0.5) is 4.39 Å². The summed E-state index contributed by atoms with van der Waals surface area (Å²) >= 11 is 0. The fourth-order valence-electron chi connectivity index (χ4n) is 4.90. The van der Waals surface area contributed by atoms with Gasteiger partial charge in [0.2, 0.25) is 12.2 Å². The fraction of sp³-hybridized carbons (Fsp3) is 0.355. The maximum absolute atomic E-state index is 13.7. The highest BCUT2D eigenvalue weighted by Crippen LogP contribution is 2.35. The molecule has 42 heavy (non-hydrogen) atoms. The Bertz CT molecular complexity index is 1500. The molecule has 2 N–H and O–H groups in total. The second-order valence-electron chi connectivity index (χ2n) is 10.7. The first kappa shape index (κ1) is 28.0. The summed E-state index contributed by atoms with van der Waals surface area (Å²) in [6, 6.07) is 17.7. The maximum atomic E-state index is 13.7. The third-order valence-electron chi connectivity index (χ3n) is 7.33. The quantitative estimate of drug-likeness (QED) is 0.298. The largest absolute Gasteiger partial charge is 0.459 e. The van der Waals surface area contributed by atoms with E-state index < -0.39 is 11.7 Å². The van der Waals surface area contributed by atoms with Crippen LogP contribution in [-0.4, -0.2) is 58.3 Å². The molecule has 0 bridgehead atoms. The summed E-state index contributed by atoms with van der Waals surface area (Å²) in [6.45, 7) is 3.60. The van der Waals surface area contributed by atoms with Crippen LogP contribution in [0.2, 0.25) is 0 Å². The summed E-state index contributed by atoms with van der Waals surface area (Å²) in [5.74, 6) is -0.102. The summed E-state index contributed by atoms with van der Waals surface area (Å²) in [5, 5.41) is 2.97. The van der Waals surface area contributed by atoms with Gasteiger partial charge in [-0.05, 0) is 55.7 Å². The first-order valence-corrected chi connectivity index (χ1v) is 14.0. The molecule has 1 amide bonds. The van der Waals surface area contributed by atoms with E-state index in [9.17, 15) is 9.18 Å². The number of hydrogen-bond acceptors (Lipinski definition) is 8. The van der Waals surface area contributed by atoms with Crippen LogP contribution in [0.1, 0.15) is 37.4 Å². The second kappa shape index (κ2) is 12.4. The van der Waals surface area contributed by atoms with Crippen LogP contribution in [0.3, 0.4) is 0 Å². The zero-order chi connectivity index (χ0) is 28.9. The number of halogens is 1. The molecule has 1 atom stereocenters. The van der Waals surface area contributed by atoms with Crippen molar-refractivity contribution in [2.75, 3.05) is 26.4 Å². The molecule has 0 aliphatic carbocycles. The van der Waals surface area contributed by atoms with E-state index in [1.165, 1.54) is 12.1 Å². The van der Waals surface area contributed by atoms with Crippen molar-refractivity contribution in [2.45, 2.75) is 38.8 Å². The lowest BCUT2D eigenvalue weighted by Gasteiger charge is -2.35. The van der Waals surface area contributed by atoms with E-state index in [4.69, 9.17) is 23.9 Å². The number of H-pyrrole nitrogens is 1. The molecule has 0 radical (unpaired) electrons. The summed E-state index contributed by atoms with van der Waals surface area (Å²) < 4.78 is 37.2. The highest BCUT2D eigenvalue weighted by atomic mass is 19.1. The average Bonchev–Trinajstić information content (AvgIpc) is 3.71. The summed E-state index contributed by atoms with van der Waals surface area (Å²) in [5.41, 5.74) is 2.43. The van der Waals surface area contributed by atoms with E-state index in [0.29, 0.717) is 41.6 Å². The molecule has 6 rings (SSSR count). The Balaban J connectivity index is 1.20. The molecule has 2 fully saturated rings. The Kier molecular flexibility index (Phi) is 8.22. The van der Waals surface area contributed by atoms with Crippen molar-refractivity contribution < 1.29 is 28.1 Å². The van der Waals surface area contributed by atoms with Crippen LogP contribution in [0.15, 0.2) is 66.9 Å². The van der Waals surface area contributed by atoms with Crippen LogP contribution in [-0.2, 0) is 25.6 Å². The number of amides is 1. The fourth-order valence-corrected chi connectivity index (χ4v) is 4.90. The molecule has 2 aliphatic rings. The number of nitrogens with zero attached hydrogens (tertiary/aromatic N) is 3. The number of aromatic amines is 1. The maximum Gasteiger partial charge on any atom is 0.317 e. The number of imidazole rings is 1. The van der Waals surface area contributed by atoms with Gasteiger partial charge in [0, 0.05) is 24.9 Å². The predicted octanol–water partition coefficient (Wildman–Crippen LogP) is 4.60. The lowest BCUT2D eigenvalue weighted by Crippen LogP contribution is -2.49. The van der Waals surface area contributed by atoms with Gasteiger partial charge in [-0.1, -0.05) is 30.3 Å². The summed E-state index contributed by atoms with van der Waals surface area (Å²) in [4.78, 5) is 29.8. The van der Waals surface area contributed by atoms with Crippen molar-refractivity contribution in [3.8, 4) is 28.7 Å². The molecule has 10 nitrogen and oxygen atoms in total. The van der Waals surface area contributed by atoms with Crippen LogP contribution in [0, 0.1) is 11.2 Å². The minimum atomic E-state index is -0.859. The van der Waals surface area contributed by atoms with Gasteiger partial charge in [0.25, 0.3) is 0 Å². The summed E-state index contributed by atoms with van der Waals surface area (Å²) in [7, 11) is 0. The van der Waals surface area contributed by atoms with Crippen LogP contribution < -0.4 is 10.1 Å². The van der Waals surface area contributed by atoms with Crippen molar-refractivity contribution in [3.05, 3.63) is 84.1 Å². The minimum Gasteiger partial charge on any atom is -0.459 e. The molecule has 4 heterocycles. The molecule has 218 valence electrons. The van der Waals surface area contributed by atoms with Crippen LogP contribution >= 0.6 is 0 Å². The smallest absolute Gasteiger partial charge is 0.317 e. The monoisotopic (exact) mass is 573 g/mol. The second-order valence-corrected chi connectivity index (χ2v) is 10.7. The average molecular weight is 574 g/mol. The Morgan fingerprint density at radius 3 is 2.60 bits per heavy atom. The number of rotatable bonds is 9. The zero-order valence-electron chi connectivity index (χ0n) is 23.2. The molecule has 1 unspecified atom stereocenters. The third kappa shape index (κ3) is 6.33.